The number of carbonyl (C=O) groups is 2. The van der Waals surface area contributed by atoms with Crippen molar-refractivity contribution in [2.75, 3.05) is 47.5 Å². The fraction of sp³-hybridized carbons (Fsp3) is 0.727. The number of phosphoric ester groups is 1. The fourth-order valence-corrected chi connectivity index (χ4v) is 6.14. The van der Waals surface area contributed by atoms with Crippen molar-refractivity contribution < 1.29 is 42.1 Å². The van der Waals surface area contributed by atoms with E-state index < -0.39 is 26.5 Å². The molecule has 1 N–H and O–H groups in total. The Balaban J connectivity index is 4.44. The molecule has 0 radical (unpaired) electrons. The Labute approximate surface area is 330 Å². The van der Waals surface area contributed by atoms with E-state index >= 15 is 0 Å². The van der Waals surface area contributed by atoms with Crippen molar-refractivity contribution in [2.24, 2.45) is 0 Å². The second kappa shape index (κ2) is 36.4. The van der Waals surface area contributed by atoms with E-state index in [4.69, 9.17) is 18.5 Å². The fourth-order valence-electron chi connectivity index (χ4n) is 5.40. The zero-order chi connectivity index (χ0) is 40.0. The van der Waals surface area contributed by atoms with Gasteiger partial charge in [-0.1, -0.05) is 177 Å². The van der Waals surface area contributed by atoms with Crippen molar-refractivity contribution >= 4 is 19.8 Å². The maximum atomic E-state index is 12.6. The molecular weight excluding hydrogens is 701 g/mol. The SMILES string of the molecule is CC/C=C/C=C/C=C/C=C/C=C/CCCC(=O)OC(COC(=O)CCCCCCCCCCCCCCCCCCC)COP(=O)(O)OCC[N+](C)(C)C. The Bertz CT molecular complexity index is 1110. The predicted octanol–water partition coefficient (Wildman–Crippen LogP) is 11.7. The van der Waals surface area contributed by atoms with Crippen LogP contribution < -0.4 is 0 Å². The zero-order valence-corrected chi connectivity index (χ0v) is 35.8. The molecule has 0 spiro atoms. The summed E-state index contributed by atoms with van der Waals surface area (Å²) in [6, 6.07) is 0. The second-order valence-corrected chi connectivity index (χ2v) is 16.6. The lowest BCUT2D eigenvalue weighted by Gasteiger charge is -2.24. The summed E-state index contributed by atoms with van der Waals surface area (Å²) < 4.78 is 34.1. The minimum Gasteiger partial charge on any atom is -0.462 e. The third-order valence-electron chi connectivity index (χ3n) is 8.69. The highest BCUT2D eigenvalue weighted by molar-refractivity contribution is 7.47. The van der Waals surface area contributed by atoms with Gasteiger partial charge in [-0.3, -0.25) is 18.6 Å². The van der Waals surface area contributed by atoms with Crippen molar-refractivity contribution in [3.8, 4) is 0 Å². The summed E-state index contributed by atoms with van der Waals surface area (Å²) in [6.45, 7) is 4.18. The van der Waals surface area contributed by atoms with Gasteiger partial charge >= 0.3 is 19.8 Å². The number of hydrogen-bond acceptors (Lipinski definition) is 7. The Hall–Kier alpha value is -2.29. The first kappa shape index (κ1) is 51.7. The van der Waals surface area contributed by atoms with Crippen molar-refractivity contribution in [2.45, 2.75) is 161 Å². The lowest BCUT2D eigenvalue weighted by Crippen LogP contribution is -2.37. The van der Waals surface area contributed by atoms with Crippen molar-refractivity contribution in [1.29, 1.82) is 0 Å². The van der Waals surface area contributed by atoms with E-state index in [1.54, 1.807) is 0 Å². The number of rotatable bonds is 37. The Morgan fingerprint density at radius 3 is 1.56 bits per heavy atom. The normalized spacial score (nSPS) is 14.3. The van der Waals surface area contributed by atoms with Crippen LogP contribution in [0.2, 0.25) is 0 Å². The highest BCUT2D eigenvalue weighted by Gasteiger charge is 2.27. The van der Waals surface area contributed by atoms with E-state index in [-0.39, 0.29) is 32.0 Å². The molecule has 0 aliphatic rings. The summed E-state index contributed by atoms with van der Waals surface area (Å²) in [5.74, 6) is -0.886. The third kappa shape index (κ3) is 39.4. The van der Waals surface area contributed by atoms with Gasteiger partial charge in [0.05, 0.1) is 27.7 Å². The summed E-state index contributed by atoms with van der Waals surface area (Å²) in [6.07, 6.45) is 42.9. The molecule has 0 heterocycles. The minimum absolute atomic E-state index is 0.0166. The molecule has 0 saturated carbocycles. The van der Waals surface area contributed by atoms with E-state index in [9.17, 15) is 19.0 Å². The molecule has 2 atom stereocenters. The summed E-state index contributed by atoms with van der Waals surface area (Å²) in [7, 11) is 1.42. The van der Waals surface area contributed by atoms with Gasteiger partial charge in [0.25, 0.3) is 0 Å². The first-order chi connectivity index (χ1) is 26.0. The van der Waals surface area contributed by atoms with Gasteiger partial charge in [0.2, 0.25) is 0 Å². The van der Waals surface area contributed by atoms with E-state index in [1.165, 1.54) is 89.9 Å². The number of unbranched alkanes of at least 4 members (excludes halogenated alkanes) is 17. The Kier molecular flexibility index (Phi) is 34.8. The first-order valence-corrected chi connectivity index (χ1v) is 22.6. The Morgan fingerprint density at radius 2 is 1.06 bits per heavy atom. The number of hydrogen-bond donors (Lipinski definition) is 1. The molecule has 0 bridgehead atoms. The summed E-state index contributed by atoms with van der Waals surface area (Å²) in [4.78, 5) is 35.2. The molecule has 0 aromatic rings. The number of carbonyl (C=O) groups excluding carboxylic acids is 2. The van der Waals surface area contributed by atoms with Crippen LogP contribution in [0.5, 0.6) is 0 Å². The molecule has 312 valence electrons. The van der Waals surface area contributed by atoms with Gasteiger partial charge in [0.15, 0.2) is 6.10 Å². The van der Waals surface area contributed by atoms with Crippen molar-refractivity contribution in [3.05, 3.63) is 60.8 Å². The molecule has 0 aromatic heterocycles. The lowest BCUT2D eigenvalue weighted by atomic mass is 10.0. The molecule has 54 heavy (non-hydrogen) atoms. The van der Waals surface area contributed by atoms with Crippen LogP contribution in [0.4, 0.5) is 0 Å². The van der Waals surface area contributed by atoms with E-state index in [0.717, 1.165) is 25.7 Å². The standard InChI is InChI=1S/C44H78NO8P/c1-6-8-10-12-14-16-18-20-21-22-23-25-26-28-30-32-34-36-43(46)50-40-42(41-52-54(48,49)51-39-38-45(3,4)5)53-44(47)37-35-33-31-29-27-24-19-17-15-13-11-9-7-2/h9,11,13,15,17,19,24,27,29,31,42H,6-8,10,12,14,16,18,20-23,25-26,28,30,32-41H2,1-5H3/p+1/b11-9+,15-13+,19-17+,27-24+,31-29+. The van der Waals surface area contributed by atoms with Gasteiger partial charge in [-0.25, -0.2) is 4.57 Å². The highest BCUT2D eigenvalue weighted by atomic mass is 31.2. The second-order valence-electron chi connectivity index (χ2n) is 15.1. The maximum absolute atomic E-state index is 12.6. The van der Waals surface area contributed by atoms with Gasteiger partial charge in [-0.05, 0) is 25.7 Å². The predicted molar refractivity (Wildman–Crippen MR) is 224 cm³/mol. The van der Waals surface area contributed by atoms with Crippen LogP contribution in [0.15, 0.2) is 60.8 Å². The monoisotopic (exact) mass is 781 g/mol. The highest BCUT2D eigenvalue weighted by Crippen LogP contribution is 2.43. The summed E-state index contributed by atoms with van der Waals surface area (Å²) >= 11 is 0. The number of quaternary nitrogens is 1. The van der Waals surface area contributed by atoms with Gasteiger partial charge < -0.3 is 18.9 Å². The number of nitrogens with zero attached hydrogens (tertiary/aromatic N) is 1. The smallest absolute Gasteiger partial charge is 0.462 e. The topological polar surface area (TPSA) is 108 Å². The number of esters is 2. The molecule has 9 nitrogen and oxygen atoms in total. The van der Waals surface area contributed by atoms with Crippen LogP contribution in [-0.2, 0) is 32.7 Å². The molecule has 0 fully saturated rings. The van der Waals surface area contributed by atoms with Crippen molar-refractivity contribution in [1.82, 2.24) is 0 Å². The van der Waals surface area contributed by atoms with Crippen LogP contribution in [0.25, 0.3) is 0 Å². The molecule has 10 heteroatoms. The number of phosphoric acid groups is 1. The molecule has 0 amide bonds. The maximum Gasteiger partial charge on any atom is 0.472 e. The van der Waals surface area contributed by atoms with Crippen LogP contribution in [0, 0.1) is 0 Å². The van der Waals surface area contributed by atoms with Gasteiger partial charge in [0.1, 0.15) is 19.8 Å². The van der Waals surface area contributed by atoms with Crippen LogP contribution in [-0.4, -0.2) is 74.9 Å². The average Bonchev–Trinajstić information content (AvgIpc) is 3.12. The summed E-state index contributed by atoms with van der Waals surface area (Å²) in [5.41, 5.74) is 0. The molecule has 0 aliphatic carbocycles. The minimum atomic E-state index is -4.39. The van der Waals surface area contributed by atoms with Crippen molar-refractivity contribution in [3.63, 3.8) is 0 Å². The number of allylic oxidation sites excluding steroid dienone is 10. The van der Waals surface area contributed by atoms with Gasteiger partial charge in [-0.15, -0.1) is 0 Å². The molecule has 2 unspecified atom stereocenters. The molecule has 0 saturated heterocycles. The molecule has 0 aliphatic heterocycles. The Morgan fingerprint density at radius 1 is 0.593 bits per heavy atom. The van der Waals surface area contributed by atoms with Crippen LogP contribution >= 0.6 is 7.82 Å². The van der Waals surface area contributed by atoms with Gasteiger partial charge in [-0.2, -0.15) is 0 Å². The molecular formula is C44H79NO8P+. The van der Waals surface area contributed by atoms with Crippen LogP contribution in [0.3, 0.4) is 0 Å². The lowest BCUT2D eigenvalue weighted by molar-refractivity contribution is -0.870. The van der Waals surface area contributed by atoms with E-state index in [2.05, 4.69) is 19.9 Å². The molecule has 0 aromatic carbocycles. The molecule has 0 rings (SSSR count). The largest absolute Gasteiger partial charge is 0.472 e. The zero-order valence-electron chi connectivity index (χ0n) is 34.9. The quantitative estimate of drug-likeness (QED) is 0.0218. The van der Waals surface area contributed by atoms with E-state index in [1.807, 2.05) is 75.8 Å². The van der Waals surface area contributed by atoms with Crippen LogP contribution in [0.1, 0.15) is 155 Å². The van der Waals surface area contributed by atoms with E-state index in [0.29, 0.717) is 23.9 Å². The number of ether oxygens (including phenoxy) is 2. The third-order valence-corrected chi connectivity index (χ3v) is 9.67. The van der Waals surface area contributed by atoms with Gasteiger partial charge in [0, 0.05) is 12.8 Å². The first-order valence-electron chi connectivity index (χ1n) is 21.1. The average molecular weight is 781 g/mol. The summed E-state index contributed by atoms with van der Waals surface area (Å²) in [5, 5.41) is 0. The number of likely N-dealkylation sites (N-methyl/N-ethyl adjacent to an activating group) is 1.